The van der Waals surface area contributed by atoms with Crippen LogP contribution in [0, 0.1) is 0 Å². The molecule has 0 aromatic rings. The zero-order valence-corrected chi connectivity index (χ0v) is 8.62. The van der Waals surface area contributed by atoms with Crippen molar-refractivity contribution < 1.29 is 23.8 Å². The maximum absolute atomic E-state index is 10.9. The first-order chi connectivity index (χ1) is 5.10. The van der Waals surface area contributed by atoms with Crippen molar-refractivity contribution in [3.8, 4) is 0 Å². The Hall–Kier alpha value is 0.0700. The molecule has 0 rings (SSSR count). The minimum Gasteiger partial charge on any atom is -0.365 e. The van der Waals surface area contributed by atoms with Crippen molar-refractivity contribution in [3.05, 3.63) is 0 Å². The third kappa shape index (κ3) is 8.17. The van der Waals surface area contributed by atoms with E-state index in [1.165, 1.54) is 27.7 Å². The molecule has 0 saturated heterocycles. The molecular weight excluding hydrogens is 183 g/mol. The summed E-state index contributed by atoms with van der Waals surface area (Å²) in [5, 5.41) is 18.1. The summed E-state index contributed by atoms with van der Waals surface area (Å²) in [5.41, 5.74) is 0. The van der Waals surface area contributed by atoms with E-state index in [2.05, 4.69) is 9.05 Å². The molecule has 0 aliphatic carbocycles. The molecule has 12 heavy (non-hydrogen) atoms. The normalized spacial score (nSPS) is 13.9. The van der Waals surface area contributed by atoms with Crippen LogP contribution in [0.1, 0.15) is 27.7 Å². The van der Waals surface area contributed by atoms with E-state index in [1.54, 1.807) is 0 Å². The molecule has 0 radical (unpaired) electrons. The zero-order chi connectivity index (χ0) is 9.99. The van der Waals surface area contributed by atoms with E-state index in [1.807, 2.05) is 0 Å². The lowest BCUT2D eigenvalue weighted by atomic mass is 10.4. The standard InChI is InChI=1S/C6H15O5P/c1-5(2,7)10-12(9)11-6(3,4)8/h7-8,12H,1-4H3. The van der Waals surface area contributed by atoms with Crippen molar-refractivity contribution in [2.24, 2.45) is 0 Å². The molecule has 0 aromatic heterocycles. The molecule has 74 valence electrons. The first-order valence-corrected chi connectivity index (χ1v) is 4.69. The predicted octanol–water partition coefficient (Wildman–Crippen LogP) is 0.866. The summed E-state index contributed by atoms with van der Waals surface area (Å²) >= 11 is 0. The quantitative estimate of drug-likeness (QED) is 0.517. The molecular formula is C6H15O5P. The molecule has 5 nitrogen and oxygen atoms in total. The van der Waals surface area contributed by atoms with Crippen LogP contribution in [-0.2, 0) is 13.6 Å². The minimum atomic E-state index is -2.85. The number of hydrogen-bond acceptors (Lipinski definition) is 5. The molecule has 2 N–H and O–H groups in total. The summed E-state index contributed by atoms with van der Waals surface area (Å²) in [6.07, 6.45) is 0. The largest absolute Gasteiger partial charge is 0.365 e. The maximum atomic E-state index is 10.9. The Balaban J connectivity index is 3.92. The summed E-state index contributed by atoms with van der Waals surface area (Å²) in [4.78, 5) is 0. The molecule has 0 amide bonds. The fourth-order valence-corrected chi connectivity index (χ4v) is 1.29. The Kier molecular flexibility index (Phi) is 3.87. The minimum absolute atomic E-state index is 1.32. The van der Waals surface area contributed by atoms with Crippen molar-refractivity contribution in [1.82, 2.24) is 0 Å². The third-order valence-corrected chi connectivity index (χ3v) is 2.00. The van der Waals surface area contributed by atoms with Crippen molar-refractivity contribution >= 4 is 8.25 Å². The highest BCUT2D eigenvalue weighted by Gasteiger charge is 2.22. The van der Waals surface area contributed by atoms with Crippen LogP contribution in [0.3, 0.4) is 0 Å². The Morgan fingerprint density at radius 3 is 1.42 bits per heavy atom. The van der Waals surface area contributed by atoms with Gasteiger partial charge in [-0.2, -0.15) is 0 Å². The molecule has 0 spiro atoms. The van der Waals surface area contributed by atoms with Gasteiger partial charge in [0.15, 0.2) is 11.6 Å². The lowest BCUT2D eigenvalue weighted by Gasteiger charge is -2.22. The Morgan fingerprint density at radius 1 is 1.00 bits per heavy atom. The lowest BCUT2D eigenvalue weighted by Crippen LogP contribution is -2.24. The number of hydrogen-bond donors (Lipinski definition) is 2. The first-order valence-electron chi connectivity index (χ1n) is 3.47. The van der Waals surface area contributed by atoms with Gasteiger partial charge >= 0.3 is 8.25 Å². The van der Waals surface area contributed by atoms with Crippen LogP contribution in [0.5, 0.6) is 0 Å². The van der Waals surface area contributed by atoms with E-state index in [-0.39, 0.29) is 0 Å². The van der Waals surface area contributed by atoms with Crippen LogP contribution in [0.25, 0.3) is 0 Å². The highest BCUT2D eigenvalue weighted by atomic mass is 31.1. The summed E-state index contributed by atoms with van der Waals surface area (Å²) in [7, 11) is -2.85. The van der Waals surface area contributed by atoms with E-state index in [4.69, 9.17) is 10.2 Å². The Labute approximate surface area is 72.3 Å². The molecule has 0 aliphatic heterocycles. The predicted molar refractivity (Wildman–Crippen MR) is 43.8 cm³/mol. The Bertz CT molecular complexity index is 148. The second kappa shape index (κ2) is 3.85. The third-order valence-electron chi connectivity index (χ3n) is 0.666. The summed E-state index contributed by atoms with van der Waals surface area (Å²) in [6, 6.07) is 0. The van der Waals surface area contributed by atoms with Gasteiger partial charge in [0.2, 0.25) is 0 Å². The molecule has 0 aromatic carbocycles. The van der Waals surface area contributed by atoms with E-state index >= 15 is 0 Å². The van der Waals surface area contributed by atoms with Crippen LogP contribution >= 0.6 is 8.25 Å². The van der Waals surface area contributed by atoms with E-state index in [0.717, 1.165) is 0 Å². The van der Waals surface area contributed by atoms with Crippen LogP contribution in [-0.4, -0.2) is 21.8 Å². The van der Waals surface area contributed by atoms with Gasteiger partial charge in [0.05, 0.1) is 0 Å². The number of rotatable bonds is 4. The highest BCUT2D eigenvalue weighted by Crippen LogP contribution is 2.33. The fourth-order valence-electron chi connectivity index (χ4n) is 0.429. The molecule has 0 saturated carbocycles. The Morgan fingerprint density at radius 2 is 1.25 bits per heavy atom. The second-order valence-corrected chi connectivity index (χ2v) is 4.26. The van der Waals surface area contributed by atoms with Gasteiger partial charge in [-0.05, 0) is 27.7 Å². The van der Waals surface area contributed by atoms with Gasteiger partial charge in [0.1, 0.15) is 0 Å². The second-order valence-electron chi connectivity index (χ2n) is 3.35. The molecule has 0 heterocycles. The smallest absolute Gasteiger partial charge is 0.324 e. The van der Waals surface area contributed by atoms with Crippen LogP contribution in [0.4, 0.5) is 0 Å². The van der Waals surface area contributed by atoms with Gasteiger partial charge in [-0.25, -0.2) is 0 Å². The fraction of sp³-hybridized carbons (Fsp3) is 1.00. The van der Waals surface area contributed by atoms with Crippen LogP contribution in [0.15, 0.2) is 0 Å². The van der Waals surface area contributed by atoms with Gasteiger partial charge in [0.25, 0.3) is 0 Å². The monoisotopic (exact) mass is 198 g/mol. The van der Waals surface area contributed by atoms with Crippen LogP contribution < -0.4 is 0 Å². The SMILES string of the molecule is CC(C)(O)O[PH](=O)OC(C)(C)O. The van der Waals surface area contributed by atoms with Gasteiger partial charge in [0, 0.05) is 0 Å². The van der Waals surface area contributed by atoms with Crippen molar-refractivity contribution in [2.45, 2.75) is 39.3 Å². The average Bonchev–Trinajstić information content (AvgIpc) is 1.49. The first kappa shape index (κ1) is 12.1. The average molecular weight is 198 g/mol. The summed E-state index contributed by atoms with van der Waals surface area (Å²) in [5.74, 6) is -3.03. The lowest BCUT2D eigenvalue weighted by molar-refractivity contribution is -0.142. The summed E-state index contributed by atoms with van der Waals surface area (Å²) in [6.45, 7) is 5.29. The van der Waals surface area contributed by atoms with Gasteiger partial charge in [-0.1, -0.05) is 0 Å². The molecule has 0 unspecified atom stereocenters. The topological polar surface area (TPSA) is 76.0 Å². The summed E-state index contributed by atoms with van der Waals surface area (Å²) < 4.78 is 20.0. The maximum Gasteiger partial charge on any atom is 0.324 e. The van der Waals surface area contributed by atoms with Crippen molar-refractivity contribution in [3.63, 3.8) is 0 Å². The van der Waals surface area contributed by atoms with E-state index in [0.29, 0.717) is 0 Å². The molecule has 0 aliphatic rings. The zero-order valence-electron chi connectivity index (χ0n) is 7.62. The molecule has 0 fully saturated rings. The molecule has 0 atom stereocenters. The number of aliphatic hydroxyl groups is 2. The molecule has 6 heteroatoms. The van der Waals surface area contributed by atoms with Crippen LogP contribution in [0.2, 0.25) is 0 Å². The van der Waals surface area contributed by atoms with Crippen molar-refractivity contribution in [1.29, 1.82) is 0 Å². The van der Waals surface area contributed by atoms with Gasteiger partial charge in [-0.3, -0.25) is 13.6 Å². The van der Waals surface area contributed by atoms with Gasteiger partial charge in [-0.15, -0.1) is 0 Å². The van der Waals surface area contributed by atoms with Gasteiger partial charge < -0.3 is 10.2 Å². The highest BCUT2D eigenvalue weighted by molar-refractivity contribution is 7.33. The molecule has 0 bridgehead atoms. The van der Waals surface area contributed by atoms with E-state index < -0.39 is 19.8 Å². The van der Waals surface area contributed by atoms with E-state index in [9.17, 15) is 4.57 Å². The van der Waals surface area contributed by atoms with Crippen molar-refractivity contribution in [2.75, 3.05) is 0 Å².